The lowest BCUT2D eigenvalue weighted by Crippen LogP contribution is -2.23. The topological polar surface area (TPSA) is 33.5 Å². The summed E-state index contributed by atoms with van der Waals surface area (Å²) >= 11 is 3.45. The Balaban J connectivity index is 1.99. The van der Waals surface area contributed by atoms with Crippen molar-refractivity contribution in [2.75, 3.05) is 7.05 Å². The van der Waals surface area contributed by atoms with Gasteiger partial charge in [-0.05, 0) is 36.8 Å². The average molecular weight is 334 g/mol. The summed E-state index contributed by atoms with van der Waals surface area (Å²) in [5, 5.41) is 0. The van der Waals surface area contributed by atoms with Gasteiger partial charge in [-0.15, -0.1) is 0 Å². The lowest BCUT2D eigenvalue weighted by atomic mass is 10.2. The van der Waals surface area contributed by atoms with Crippen LogP contribution in [0.5, 0.6) is 0 Å². The molecule has 1 heterocycles. The van der Waals surface area contributed by atoms with E-state index in [2.05, 4.69) is 15.9 Å². The van der Waals surface area contributed by atoms with Gasteiger partial charge in [-0.3, -0.25) is 4.79 Å². The molecule has 0 aliphatic heterocycles. The molecule has 0 saturated heterocycles. The van der Waals surface area contributed by atoms with Crippen LogP contribution in [0.2, 0.25) is 0 Å². The minimum Gasteiger partial charge on any atom is -0.464 e. The normalized spacial score (nSPS) is 10.9. The Morgan fingerprint density at radius 1 is 1.30 bits per heavy atom. The molecule has 1 amide bonds. The Labute approximate surface area is 127 Å². The van der Waals surface area contributed by atoms with Crippen molar-refractivity contribution < 1.29 is 9.21 Å². The van der Waals surface area contributed by atoms with Gasteiger partial charge in [-0.2, -0.15) is 0 Å². The number of likely N-dealkylation sites (N-methyl/N-ethyl adjacent to an activating group) is 1. The number of amides is 1. The molecular formula is C16H16BrNO2. The molecule has 2 aromatic rings. The van der Waals surface area contributed by atoms with Crippen molar-refractivity contribution >= 4 is 27.9 Å². The summed E-state index contributed by atoms with van der Waals surface area (Å²) in [6, 6.07) is 11.5. The van der Waals surface area contributed by atoms with Crippen LogP contribution in [0.4, 0.5) is 0 Å². The van der Waals surface area contributed by atoms with E-state index in [4.69, 9.17) is 4.42 Å². The molecule has 0 saturated carbocycles. The van der Waals surface area contributed by atoms with Crippen molar-refractivity contribution in [1.82, 2.24) is 4.90 Å². The van der Waals surface area contributed by atoms with Gasteiger partial charge in [0.25, 0.3) is 0 Å². The Morgan fingerprint density at radius 3 is 2.70 bits per heavy atom. The van der Waals surface area contributed by atoms with Gasteiger partial charge in [0, 0.05) is 17.6 Å². The van der Waals surface area contributed by atoms with E-state index in [1.165, 1.54) is 0 Å². The predicted molar refractivity (Wildman–Crippen MR) is 83.1 cm³/mol. The Morgan fingerprint density at radius 2 is 2.05 bits per heavy atom. The fourth-order valence-corrected chi connectivity index (χ4v) is 2.20. The van der Waals surface area contributed by atoms with Gasteiger partial charge in [0.05, 0.1) is 6.54 Å². The molecule has 0 fully saturated rings. The number of hydrogen-bond donors (Lipinski definition) is 0. The number of hydrogen-bond acceptors (Lipinski definition) is 2. The number of furan rings is 1. The maximum absolute atomic E-state index is 12.0. The first-order valence-corrected chi connectivity index (χ1v) is 7.08. The second kappa shape index (κ2) is 6.57. The van der Waals surface area contributed by atoms with Crippen LogP contribution in [0.3, 0.4) is 0 Å². The Kier molecular flexibility index (Phi) is 4.79. The Bertz CT molecular complexity index is 631. The molecule has 2 rings (SSSR count). The largest absolute Gasteiger partial charge is 0.464 e. The summed E-state index contributed by atoms with van der Waals surface area (Å²) in [5.74, 6) is 1.58. The van der Waals surface area contributed by atoms with E-state index in [1.807, 2.05) is 43.3 Å². The van der Waals surface area contributed by atoms with Gasteiger partial charge >= 0.3 is 0 Å². The molecule has 3 nitrogen and oxygen atoms in total. The fourth-order valence-electron chi connectivity index (χ4n) is 1.78. The molecule has 4 heteroatoms. The number of benzene rings is 1. The van der Waals surface area contributed by atoms with Crippen LogP contribution in [0, 0.1) is 6.92 Å². The highest BCUT2D eigenvalue weighted by Gasteiger charge is 2.08. The smallest absolute Gasteiger partial charge is 0.246 e. The number of carbonyl (C=O) groups is 1. The molecule has 1 aromatic carbocycles. The van der Waals surface area contributed by atoms with E-state index >= 15 is 0 Å². The van der Waals surface area contributed by atoms with Crippen molar-refractivity contribution in [2.24, 2.45) is 0 Å². The third kappa shape index (κ3) is 3.84. The highest BCUT2D eigenvalue weighted by atomic mass is 79.9. The van der Waals surface area contributed by atoms with Crippen molar-refractivity contribution in [1.29, 1.82) is 0 Å². The van der Waals surface area contributed by atoms with Crippen molar-refractivity contribution in [3.63, 3.8) is 0 Å². The van der Waals surface area contributed by atoms with E-state index < -0.39 is 0 Å². The zero-order chi connectivity index (χ0) is 14.5. The first-order chi connectivity index (χ1) is 9.56. The molecule has 0 unspecified atom stereocenters. The SMILES string of the molecule is Cc1ccc(CN(C)C(=O)/C=C/c2ccccc2Br)o1. The molecule has 0 spiro atoms. The number of nitrogens with zero attached hydrogens (tertiary/aromatic N) is 1. The van der Waals surface area contributed by atoms with Crippen LogP contribution < -0.4 is 0 Å². The molecular weight excluding hydrogens is 318 g/mol. The van der Waals surface area contributed by atoms with Gasteiger partial charge in [0.2, 0.25) is 5.91 Å². The van der Waals surface area contributed by atoms with Gasteiger partial charge in [-0.25, -0.2) is 0 Å². The lowest BCUT2D eigenvalue weighted by molar-refractivity contribution is -0.125. The number of rotatable bonds is 4. The third-order valence-electron chi connectivity index (χ3n) is 2.88. The first-order valence-electron chi connectivity index (χ1n) is 6.29. The predicted octanol–water partition coefficient (Wildman–Crippen LogP) is 4.02. The molecule has 0 atom stereocenters. The fraction of sp³-hybridized carbons (Fsp3) is 0.188. The summed E-state index contributed by atoms with van der Waals surface area (Å²) in [5.41, 5.74) is 0.975. The molecule has 1 aromatic heterocycles. The van der Waals surface area contributed by atoms with Crippen molar-refractivity contribution in [3.05, 3.63) is 64.0 Å². The summed E-state index contributed by atoms with van der Waals surface area (Å²) < 4.78 is 6.43. The molecule has 0 N–H and O–H groups in total. The Hall–Kier alpha value is -1.81. The number of halogens is 1. The van der Waals surface area contributed by atoms with Crippen LogP contribution in [0.25, 0.3) is 6.08 Å². The van der Waals surface area contributed by atoms with Crippen molar-refractivity contribution in [2.45, 2.75) is 13.5 Å². The van der Waals surface area contributed by atoms with E-state index in [1.54, 1.807) is 24.1 Å². The van der Waals surface area contributed by atoms with Gasteiger partial charge < -0.3 is 9.32 Å². The van der Waals surface area contributed by atoms with Gasteiger partial charge in [-0.1, -0.05) is 34.1 Å². The van der Waals surface area contributed by atoms with Crippen LogP contribution in [0.1, 0.15) is 17.1 Å². The second-order valence-electron chi connectivity index (χ2n) is 4.56. The van der Waals surface area contributed by atoms with Crippen LogP contribution in [-0.2, 0) is 11.3 Å². The zero-order valence-corrected chi connectivity index (χ0v) is 13.1. The minimum absolute atomic E-state index is 0.0604. The van der Waals surface area contributed by atoms with E-state index in [-0.39, 0.29) is 5.91 Å². The first kappa shape index (κ1) is 14.6. The highest BCUT2D eigenvalue weighted by molar-refractivity contribution is 9.10. The standard InChI is InChI=1S/C16H16BrNO2/c1-12-7-9-14(20-12)11-18(2)16(19)10-8-13-5-3-4-6-15(13)17/h3-10H,11H2,1-2H3/b10-8+. The van der Waals surface area contributed by atoms with Gasteiger partial charge in [0.1, 0.15) is 11.5 Å². The van der Waals surface area contributed by atoms with Gasteiger partial charge in [0.15, 0.2) is 0 Å². The zero-order valence-electron chi connectivity index (χ0n) is 11.5. The van der Waals surface area contributed by atoms with Crippen molar-refractivity contribution in [3.8, 4) is 0 Å². The third-order valence-corrected chi connectivity index (χ3v) is 3.60. The van der Waals surface area contributed by atoms with Crippen LogP contribution in [0.15, 0.2) is 51.4 Å². The average Bonchev–Trinajstić information content (AvgIpc) is 2.82. The monoisotopic (exact) mass is 333 g/mol. The molecule has 0 bridgehead atoms. The summed E-state index contributed by atoms with van der Waals surface area (Å²) in [6.07, 6.45) is 3.37. The molecule has 0 aliphatic rings. The maximum Gasteiger partial charge on any atom is 0.246 e. The molecule has 0 radical (unpaired) electrons. The molecule has 0 aliphatic carbocycles. The summed E-state index contributed by atoms with van der Waals surface area (Å²) in [6.45, 7) is 2.35. The summed E-state index contributed by atoms with van der Waals surface area (Å²) in [4.78, 5) is 13.6. The van der Waals surface area contributed by atoms with E-state index in [0.717, 1.165) is 21.6 Å². The van der Waals surface area contributed by atoms with E-state index in [9.17, 15) is 4.79 Å². The van der Waals surface area contributed by atoms with E-state index in [0.29, 0.717) is 6.54 Å². The second-order valence-corrected chi connectivity index (χ2v) is 5.42. The molecule has 104 valence electrons. The quantitative estimate of drug-likeness (QED) is 0.791. The number of carbonyl (C=O) groups excluding carboxylic acids is 1. The summed E-state index contributed by atoms with van der Waals surface area (Å²) in [7, 11) is 1.75. The van der Waals surface area contributed by atoms with Crippen LogP contribution in [-0.4, -0.2) is 17.9 Å². The minimum atomic E-state index is -0.0604. The lowest BCUT2D eigenvalue weighted by Gasteiger charge is -2.13. The van der Waals surface area contributed by atoms with Crippen LogP contribution >= 0.6 is 15.9 Å². The highest BCUT2D eigenvalue weighted by Crippen LogP contribution is 2.17. The number of aryl methyl sites for hydroxylation is 1. The maximum atomic E-state index is 12.0. The molecule has 20 heavy (non-hydrogen) atoms.